The number of hydrogen-bond acceptors (Lipinski definition) is 6. The van der Waals surface area contributed by atoms with Gasteiger partial charge in [0.25, 0.3) is 0 Å². The van der Waals surface area contributed by atoms with E-state index in [1.807, 2.05) is 55.6 Å². The third-order valence-electron chi connectivity index (χ3n) is 11.3. The van der Waals surface area contributed by atoms with Crippen LogP contribution >= 0.6 is 0 Å². The van der Waals surface area contributed by atoms with Crippen LogP contribution in [0.25, 0.3) is 0 Å². The fraction of sp³-hybridized carbons (Fsp3) is 0.0179. The fourth-order valence-electron chi connectivity index (χ4n) is 8.42. The molecule has 0 fully saturated rings. The standard InChI is InChI=1S/C31H24N4.C25H21N3/c32-31(33-24-11-3-1-4-12-24)23-19-21-26(22-20-23)35-29-17-9-7-15-27(29)34(25-13-5-2-6-14-25)28-16-8-10-18-30(28)35;1-26-19-15-17-21(18-16-19)28-24-13-7-5-11-22(24)27(20-9-3-2-4-10-20)23-12-6-8-14-25(23)28/h1-22H,(H2,32,33);2-18,26H,1H3. The summed E-state index contributed by atoms with van der Waals surface area (Å²) >= 11 is 0. The Kier molecular flexibility index (Phi) is 10.6. The maximum absolute atomic E-state index is 6.32. The van der Waals surface area contributed by atoms with Gasteiger partial charge in [0.05, 0.1) is 51.2 Å². The van der Waals surface area contributed by atoms with E-state index in [2.05, 4.69) is 218 Å². The Hall–Kier alpha value is -8.55. The molecule has 0 saturated carbocycles. The van der Waals surface area contributed by atoms with Crippen LogP contribution < -0.4 is 30.7 Å². The maximum atomic E-state index is 6.32. The normalized spacial score (nSPS) is 12.6. The van der Waals surface area contributed by atoms with Crippen molar-refractivity contribution in [3.05, 3.63) is 242 Å². The van der Waals surface area contributed by atoms with Crippen molar-refractivity contribution in [2.24, 2.45) is 10.7 Å². The Morgan fingerprint density at radius 1 is 0.333 bits per heavy atom. The van der Waals surface area contributed by atoms with E-state index in [1.54, 1.807) is 0 Å². The van der Waals surface area contributed by atoms with Gasteiger partial charge in [-0.2, -0.15) is 0 Å². The van der Waals surface area contributed by atoms with Crippen LogP contribution in [-0.2, 0) is 0 Å². The second-order valence-electron chi connectivity index (χ2n) is 15.1. The molecule has 0 spiro atoms. The van der Waals surface area contributed by atoms with Gasteiger partial charge >= 0.3 is 0 Å². The number of benzene rings is 9. The molecule has 0 atom stereocenters. The number of nitrogens with zero attached hydrogens (tertiary/aromatic N) is 5. The molecule has 7 heteroatoms. The van der Waals surface area contributed by atoms with Crippen molar-refractivity contribution in [1.29, 1.82) is 0 Å². The zero-order chi connectivity index (χ0) is 42.5. The van der Waals surface area contributed by atoms with E-state index in [9.17, 15) is 0 Å². The van der Waals surface area contributed by atoms with Gasteiger partial charge in [-0.25, -0.2) is 4.99 Å². The van der Waals surface area contributed by atoms with E-state index in [1.165, 1.54) is 22.7 Å². The van der Waals surface area contributed by atoms with Crippen LogP contribution in [0.5, 0.6) is 0 Å². The molecule has 11 rings (SSSR count). The lowest BCUT2D eigenvalue weighted by Gasteiger charge is -2.40. The number of nitrogens with two attached hydrogens (primary N) is 1. The highest BCUT2D eigenvalue weighted by atomic mass is 15.3. The number of aliphatic imine (C=N–C) groups is 1. The van der Waals surface area contributed by atoms with Crippen LogP contribution in [0.4, 0.5) is 79.6 Å². The maximum Gasteiger partial charge on any atom is 0.131 e. The van der Waals surface area contributed by atoms with Crippen molar-refractivity contribution in [2.75, 3.05) is 32.0 Å². The first-order valence-corrected chi connectivity index (χ1v) is 21.1. The van der Waals surface area contributed by atoms with Crippen molar-refractivity contribution in [1.82, 2.24) is 0 Å². The van der Waals surface area contributed by atoms with E-state index < -0.39 is 0 Å². The molecule has 0 saturated heterocycles. The molecule has 0 bridgehead atoms. The fourth-order valence-corrected chi connectivity index (χ4v) is 8.42. The lowest BCUT2D eigenvalue weighted by molar-refractivity contribution is 1.17. The number of hydrogen-bond donors (Lipinski definition) is 2. The molecule has 63 heavy (non-hydrogen) atoms. The molecule has 9 aromatic rings. The van der Waals surface area contributed by atoms with E-state index in [0.717, 1.165) is 62.4 Å². The zero-order valence-corrected chi connectivity index (χ0v) is 34.8. The number of anilines is 13. The predicted molar refractivity (Wildman–Crippen MR) is 265 cm³/mol. The highest BCUT2D eigenvalue weighted by Gasteiger charge is 2.31. The Labute approximate surface area is 368 Å². The van der Waals surface area contributed by atoms with E-state index in [0.29, 0.717) is 5.84 Å². The SMILES string of the molecule is CNc1ccc(N2c3ccccc3N(c3ccccc3)c3ccccc32)cc1.NC(=Nc1ccccc1)c1ccc(N2c3ccccc3N(c3ccccc3)c3ccccc32)cc1. The molecule has 2 heterocycles. The van der Waals surface area contributed by atoms with E-state index in [-0.39, 0.29) is 0 Å². The minimum atomic E-state index is 0.498. The summed E-state index contributed by atoms with van der Waals surface area (Å²) in [7, 11) is 1.94. The number of amidine groups is 1. The van der Waals surface area contributed by atoms with Gasteiger partial charge in [0, 0.05) is 41.0 Å². The quantitative estimate of drug-likeness (QED) is 0.123. The second-order valence-corrected chi connectivity index (χ2v) is 15.1. The van der Waals surface area contributed by atoms with E-state index in [4.69, 9.17) is 5.73 Å². The third kappa shape index (κ3) is 7.49. The Balaban J connectivity index is 0.000000153. The van der Waals surface area contributed by atoms with Crippen LogP contribution in [0.1, 0.15) is 5.56 Å². The summed E-state index contributed by atoms with van der Waals surface area (Å²) in [6.07, 6.45) is 0. The second kappa shape index (κ2) is 17.2. The minimum absolute atomic E-state index is 0.498. The average molecular weight is 816 g/mol. The predicted octanol–water partition coefficient (Wildman–Crippen LogP) is 15.0. The Morgan fingerprint density at radius 2 is 0.603 bits per heavy atom. The smallest absolute Gasteiger partial charge is 0.131 e. The summed E-state index contributed by atoms with van der Waals surface area (Å²) < 4.78 is 0. The molecule has 0 unspecified atom stereocenters. The van der Waals surface area contributed by atoms with Crippen molar-refractivity contribution < 1.29 is 0 Å². The summed E-state index contributed by atoms with van der Waals surface area (Å²) in [5.41, 5.74) is 22.8. The van der Waals surface area contributed by atoms with Gasteiger partial charge in [-0.1, -0.05) is 103 Å². The molecular weight excluding hydrogens is 771 g/mol. The first-order valence-electron chi connectivity index (χ1n) is 21.1. The Bertz CT molecular complexity index is 2910. The first kappa shape index (κ1) is 38.6. The van der Waals surface area contributed by atoms with Crippen LogP contribution in [0.3, 0.4) is 0 Å². The minimum Gasteiger partial charge on any atom is -0.388 e. The lowest BCUT2D eigenvalue weighted by atomic mass is 10.0. The molecule has 304 valence electrons. The van der Waals surface area contributed by atoms with Crippen molar-refractivity contribution in [3.63, 3.8) is 0 Å². The molecule has 0 radical (unpaired) electrons. The number of nitrogens with one attached hydrogen (secondary N) is 1. The third-order valence-corrected chi connectivity index (χ3v) is 11.3. The molecule has 2 aliphatic heterocycles. The van der Waals surface area contributed by atoms with Gasteiger partial charge in [-0.15, -0.1) is 0 Å². The zero-order valence-electron chi connectivity index (χ0n) is 34.8. The Morgan fingerprint density at radius 3 is 0.921 bits per heavy atom. The molecule has 2 aliphatic rings. The van der Waals surface area contributed by atoms with Crippen LogP contribution in [0.15, 0.2) is 242 Å². The molecule has 0 aliphatic carbocycles. The van der Waals surface area contributed by atoms with Crippen LogP contribution in [0, 0.1) is 0 Å². The summed E-state index contributed by atoms with van der Waals surface area (Å²) in [6, 6.07) is 81.8. The first-order chi connectivity index (χ1) is 31.2. The van der Waals surface area contributed by atoms with Crippen LogP contribution in [-0.4, -0.2) is 12.9 Å². The summed E-state index contributed by atoms with van der Waals surface area (Å²) in [5, 5.41) is 3.20. The number of para-hydroxylation sites is 11. The highest BCUT2D eigenvalue weighted by molar-refractivity contribution is 6.04. The van der Waals surface area contributed by atoms with Gasteiger partial charge in [0.1, 0.15) is 5.84 Å². The summed E-state index contributed by atoms with van der Waals surface area (Å²) in [4.78, 5) is 13.9. The van der Waals surface area contributed by atoms with Gasteiger partial charge in [-0.05, 0) is 133 Å². The van der Waals surface area contributed by atoms with Crippen LogP contribution in [0.2, 0.25) is 0 Å². The average Bonchev–Trinajstić information content (AvgIpc) is 3.36. The topological polar surface area (TPSA) is 63.4 Å². The monoisotopic (exact) mass is 815 g/mol. The van der Waals surface area contributed by atoms with Gasteiger partial charge in [-0.3, -0.25) is 0 Å². The van der Waals surface area contributed by atoms with Crippen molar-refractivity contribution in [2.45, 2.75) is 0 Å². The lowest BCUT2D eigenvalue weighted by Crippen LogP contribution is -2.24. The number of fused-ring (bicyclic) bond motifs is 4. The molecule has 9 aromatic carbocycles. The molecule has 3 N–H and O–H groups in total. The summed E-state index contributed by atoms with van der Waals surface area (Å²) in [5.74, 6) is 0.498. The summed E-state index contributed by atoms with van der Waals surface area (Å²) in [6.45, 7) is 0. The molecule has 0 amide bonds. The molecular formula is C56H45N7. The largest absolute Gasteiger partial charge is 0.388 e. The highest BCUT2D eigenvalue weighted by Crippen LogP contribution is 2.55. The van der Waals surface area contributed by atoms with Gasteiger partial charge in [0.15, 0.2) is 0 Å². The van der Waals surface area contributed by atoms with Crippen molar-refractivity contribution >= 4 is 85.5 Å². The van der Waals surface area contributed by atoms with Gasteiger partial charge < -0.3 is 30.7 Å². The van der Waals surface area contributed by atoms with Crippen molar-refractivity contribution in [3.8, 4) is 0 Å². The number of rotatable bonds is 7. The van der Waals surface area contributed by atoms with Gasteiger partial charge in [0.2, 0.25) is 0 Å². The molecule has 0 aromatic heterocycles. The molecule has 7 nitrogen and oxygen atoms in total. The van der Waals surface area contributed by atoms with E-state index >= 15 is 0 Å².